The minimum absolute atomic E-state index is 0.00358. The summed E-state index contributed by atoms with van der Waals surface area (Å²) in [4.78, 5) is 16.4. The molecule has 1 aliphatic carbocycles. The fraction of sp³-hybridized carbons (Fsp3) is 0.435. The molecule has 1 saturated carbocycles. The molecular formula is C23H26N4O3S2. The molecule has 0 radical (unpaired) electrons. The van der Waals surface area contributed by atoms with Gasteiger partial charge in [-0.05, 0) is 55.3 Å². The van der Waals surface area contributed by atoms with E-state index in [2.05, 4.69) is 26.2 Å². The molecule has 2 fully saturated rings. The SMILES string of the molecule is COc1ccc(OC)c([C@H]2CCCN2C(=O)CSc2nnc(-c3cccs3)n2C2CC2)c1. The minimum atomic E-state index is -0.00358. The number of hydrogen-bond acceptors (Lipinski definition) is 7. The zero-order valence-corrected chi connectivity index (χ0v) is 19.8. The van der Waals surface area contributed by atoms with Crippen molar-refractivity contribution in [3.8, 4) is 22.2 Å². The van der Waals surface area contributed by atoms with Crippen molar-refractivity contribution in [2.75, 3.05) is 26.5 Å². The van der Waals surface area contributed by atoms with Gasteiger partial charge in [0.25, 0.3) is 0 Å². The lowest BCUT2D eigenvalue weighted by molar-refractivity contribution is -0.129. The number of hydrogen-bond donors (Lipinski definition) is 0. The predicted octanol–water partition coefficient (Wildman–Crippen LogP) is 4.81. The maximum absolute atomic E-state index is 13.3. The molecule has 7 nitrogen and oxygen atoms in total. The Balaban J connectivity index is 1.33. The summed E-state index contributed by atoms with van der Waals surface area (Å²) in [5, 5.41) is 11.8. The van der Waals surface area contributed by atoms with E-state index in [1.54, 1.807) is 25.6 Å². The van der Waals surface area contributed by atoms with Crippen molar-refractivity contribution in [3.63, 3.8) is 0 Å². The van der Waals surface area contributed by atoms with Crippen LogP contribution in [0.1, 0.15) is 43.3 Å². The number of nitrogens with zero attached hydrogens (tertiary/aromatic N) is 4. The van der Waals surface area contributed by atoms with Gasteiger partial charge >= 0.3 is 0 Å². The summed E-state index contributed by atoms with van der Waals surface area (Å²) in [6.07, 6.45) is 4.17. The second kappa shape index (κ2) is 9.15. The van der Waals surface area contributed by atoms with E-state index in [4.69, 9.17) is 9.47 Å². The molecule has 1 atom stereocenters. The Hall–Kier alpha value is -2.52. The number of likely N-dealkylation sites (tertiary alicyclic amines) is 1. The van der Waals surface area contributed by atoms with Crippen molar-refractivity contribution < 1.29 is 14.3 Å². The van der Waals surface area contributed by atoms with Crippen LogP contribution in [0.15, 0.2) is 40.9 Å². The highest BCUT2D eigenvalue weighted by Gasteiger charge is 2.34. The molecule has 1 saturated heterocycles. The quantitative estimate of drug-likeness (QED) is 0.440. The Kier molecular flexibility index (Phi) is 6.10. The summed E-state index contributed by atoms with van der Waals surface area (Å²) in [5.74, 6) is 2.94. The zero-order chi connectivity index (χ0) is 22.1. The van der Waals surface area contributed by atoms with Crippen LogP contribution in [0.5, 0.6) is 11.5 Å². The number of amides is 1. The van der Waals surface area contributed by atoms with Crippen LogP contribution in [0.2, 0.25) is 0 Å². The first-order chi connectivity index (χ1) is 15.7. The molecule has 3 heterocycles. The number of benzene rings is 1. The van der Waals surface area contributed by atoms with Crippen LogP contribution in [0.4, 0.5) is 0 Å². The zero-order valence-electron chi connectivity index (χ0n) is 18.2. The van der Waals surface area contributed by atoms with Crippen LogP contribution in [0, 0.1) is 0 Å². The van der Waals surface area contributed by atoms with E-state index in [0.29, 0.717) is 11.8 Å². The maximum Gasteiger partial charge on any atom is 0.233 e. The van der Waals surface area contributed by atoms with E-state index >= 15 is 0 Å². The first-order valence-corrected chi connectivity index (χ1v) is 12.7. The van der Waals surface area contributed by atoms with Gasteiger partial charge in [0.1, 0.15) is 11.5 Å². The molecule has 32 heavy (non-hydrogen) atoms. The Morgan fingerprint density at radius 3 is 2.78 bits per heavy atom. The van der Waals surface area contributed by atoms with E-state index < -0.39 is 0 Å². The molecule has 0 N–H and O–H groups in total. The molecule has 2 aliphatic rings. The number of carbonyl (C=O) groups excluding carboxylic acids is 1. The first kappa shape index (κ1) is 21.3. The van der Waals surface area contributed by atoms with E-state index in [9.17, 15) is 4.79 Å². The van der Waals surface area contributed by atoms with Gasteiger partial charge in [-0.1, -0.05) is 17.8 Å². The van der Waals surface area contributed by atoms with Crippen LogP contribution in [0.3, 0.4) is 0 Å². The van der Waals surface area contributed by atoms with E-state index in [1.165, 1.54) is 11.8 Å². The smallest absolute Gasteiger partial charge is 0.233 e. The lowest BCUT2D eigenvalue weighted by Crippen LogP contribution is -2.32. The van der Waals surface area contributed by atoms with E-state index in [0.717, 1.165) is 65.1 Å². The fourth-order valence-corrected chi connectivity index (χ4v) is 5.91. The standard InChI is InChI=1S/C23H26N4O3S2/c1-29-16-9-10-19(30-2)17(13-16)18-5-3-11-26(18)21(28)14-32-23-25-24-22(20-6-4-12-31-20)27(23)15-7-8-15/h4,6,9-10,12-13,15,18H,3,5,7-8,11,14H2,1-2H3/t18-/m1/s1. The molecule has 0 spiro atoms. The predicted molar refractivity (Wildman–Crippen MR) is 126 cm³/mol. The highest BCUT2D eigenvalue weighted by atomic mass is 32.2. The average molecular weight is 471 g/mol. The third kappa shape index (κ3) is 4.11. The molecule has 1 aliphatic heterocycles. The highest BCUT2D eigenvalue weighted by Crippen LogP contribution is 2.43. The normalized spacial score (nSPS) is 18.2. The summed E-state index contributed by atoms with van der Waals surface area (Å²) in [7, 11) is 3.32. The Morgan fingerprint density at radius 1 is 1.19 bits per heavy atom. The molecule has 3 aromatic rings. The summed E-state index contributed by atoms with van der Waals surface area (Å²) in [5.41, 5.74) is 1.00. The van der Waals surface area contributed by atoms with Crippen LogP contribution in [0.25, 0.3) is 10.7 Å². The summed E-state index contributed by atoms with van der Waals surface area (Å²) in [6.45, 7) is 0.750. The minimum Gasteiger partial charge on any atom is -0.497 e. The molecular weight excluding hydrogens is 444 g/mol. The third-order valence-electron chi connectivity index (χ3n) is 6.01. The summed E-state index contributed by atoms with van der Waals surface area (Å²) < 4.78 is 13.2. The van der Waals surface area contributed by atoms with Crippen molar-refractivity contribution in [2.45, 2.75) is 42.9 Å². The van der Waals surface area contributed by atoms with Crippen molar-refractivity contribution in [2.24, 2.45) is 0 Å². The van der Waals surface area contributed by atoms with Crippen LogP contribution in [-0.4, -0.2) is 52.1 Å². The Labute approximate surface area is 195 Å². The van der Waals surface area contributed by atoms with Gasteiger partial charge in [0.2, 0.25) is 5.91 Å². The fourth-order valence-electron chi connectivity index (χ4n) is 4.31. The van der Waals surface area contributed by atoms with Crippen LogP contribution >= 0.6 is 23.1 Å². The number of methoxy groups -OCH3 is 2. The van der Waals surface area contributed by atoms with Crippen LogP contribution in [-0.2, 0) is 4.79 Å². The number of thioether (sulfide) groups is 1. The molecule has 168 valence electrons. The number of aromatic nitrogens is 3. The topological polar surface area (TPSA) is 69.5 Å². The Morgan fingerprint density at radius 2 is 2.06 bits per heavy atom. The summed E-state index contributed by atoms with van der Waals surface area (Å²) >= 11 is 3.16. The van der Waals surface area contributed by atoms with Gasteiger partial charge < -0.3 is 14.4 Å². The van der Waals surface area contributed by atoms with Gasteiger partial charge in [0.05, 0.1) is 30.9 Å². The lowest BCUT2D eigenvalue weighted by Gasteiger charge is -2.26. The van der Waals surface area contributed by atoms with Gasteiger partial charge in [-0.25, -0.2) is 0 Å². The molecule has 0 unspecified atom stereocenters. The van der Waals surface area contributed by atoms with Gasteiger partial charge in [-0.15, -0.1) is 21.5 Å². The largest absolute Gasteiger partial charge is 0.497 e. The second-order valence-electron chi connectivity index (χ2n) is 8.03. The number of ether oxygens (including phenoxy) is 2. The van der Waals surface area contributed by atoms with Crippen LogP contribution < -0.4 is 9.47 Å². The van der Waals surface area contributed by atoms with Crippen molar-refractivity contribution in [1.29, 1.82) is 0 Å². The average Bonchev–Trinajstić information content (AvgIpc) is 3.24. The number of rotatable bonds is 8. The third-order valence-corrected chi connectivity index (χ3v) is 7.81. The number of carbonyl (C=O) groups is 1. The first-order valence-electron chi connectivity index (χ1n) is 10.8. The molecule has 1 amide bonds. The molecule has 5 rings (SSSR count). The van der Waals surface area contributed by atoms with Crippen molar-refractivity contribution >= 4 is 29.0 Å². The highest BCUT2D eigenvalue weighted by molar-refractivity contribution is 7.99. The molecule has 0 bridgehead atoms. The Bertz CT molecular complexity index is 1090. The molecule has 9 heteroatoms. The van der Waals surface area contributed by atoms with Crippen molar-refractivity contribution in [1.82, 2.24) is 19.7 Å². The van der Waals surface area contributed by atoms with Gasteiger partial charge in [0, 0.05) is 18.2 Å². The second-order valence-corrected chi connectivity index (χ2v) is 9.92. The van der Waals surface area contributed by atoms with E-state index in [-0.39, 0.29) is 11.9 Å². The van der Waals surface area contributed by atoms with Gasteiger partial charge in [-0.2, -0.15) is 0 Å². The van der Waals surface area contributed by atoms with Crippen molar-refractivity contribution in [3.05, 3.63) is 41.3 Å². The molecule has 2 aromatic heterocycles. The number of thiophene rings is 1. The van der Waals surface area contributed by atoms with E-state index in [1.807, 2.05) is 29.2 Å². The summed E-state index contributed by atoms with van der Waals surface area (Å²) in [6, 6.07) is 10.3. The monoisotopic (exact) mass is 470 g/mol. The van der Waals surface area contributed by atoms with Gasteiger partial charge in [-0.3, -0.25) is 9.36 Å². The lowest BCUT2D eigenvalue weighted by atomic mass is 10.0. The van der Waals surface area contributed by atoms with Gasteiger partial charge in [0.15, 0.2) is 11.0 Å². The molecule has 1 aromatic carbocycles. The maximum atomic E-state index is 13.3.